The normalized spacial score (nSPS) is 27.4. The van der Waals surface area contributed by atoms with Crippen LogP contribution >= 0.6 is 12.4 Å². The summed E-state index contributed by atoms with van der Waals surface area (Å²) in [7, 11) is 0. The third kappa shape index (κ3) is 2.30. The van der Waals surface area contributed by atoms with E-state index in [9.17, 15) is 4.79 Å². The molecule has 3 saturated heterocycles. The summed E-state index contributed by atoms with van der Waals surface area (Å²) < 4.78 is 0. The number of nitrogens with zero attached hydrogens (tertiary/aromatic N) is 3. The molecule has 0 spiro atoms. The average molecular weight is 257 g/mol. The predicted octanol–water partition coefficient (Wildman–Crippen LogP) is 0.752. The van der Waals surface area contributed by atoms with Crippen LogP contribution in [0.25, 0.3) is 0 Å². The molecule has 3 aliphatic heterocycles. The highest BCUT2D eigenvalue weighted by Gasteiger charge is 2.32. The Hall–Kier alpha value is -1.07. The summed E-state index contributed by atoms with van der Waals surface area (Å²) in [6.07, 6.45) is 3.85. The van der Waals surface area contributed by atoms with E-state index in [4.69, 9.17) is 0 Å². The van der Waals surface area contributed by atoms with Gasteiger partial charge in [-0.15, -0.1) is 12.4 Å². The monoisotopic (exact) mass is 256 g/mol. The molecule has 3 aliphatic rings. The first-order valence-corrected chi connectivity index (χ1v) is 5.87. The van der Waals surface area contributed by atoms with E-state index in [0.29, 0.717) is 11.7 Å². The number of halogens is 1. The molecular formula is C11H17ClN4O. The number of rotatable bonds is 1. The zero-order valence-corrected chi connectivity index (χ0v) is 10.4. The van der Waals surface area contributed by atoms with Gasteiger partial charge in [-0.2, -0.15) is 5.10 Å². The van der Waals surface area contributed by atoms with Gasteiger partial charge in [0.2, 0.25) is 0 Å². The second-order valence-corrected chi connectivity index (χ2v) is 4.54. The van der Waals surface area contributed by atoms with Crippen LogP contribution in [0.2, 0.25) is 0 Å². The fourth-order valence-electron chi connectivity index (χ4n) is 2.68. The highest BCUT2D eigenvalue weighted by Crippen LogP contribution is 2.21. The molecule has 0 aliphatic carbocycles. The van der Waals surface area contributed by atoms with Crippen molar-refractivity contribution in [3.8, 4) is 0 Å². The van der Waals surface area contributed by atoms with Gasteiger partial charge in [0, 0.05) is 38.4 Å². The Morgan fingerprint density at radius 3 is 2.71 bits per heavy atom. The highest BCUT2D eigenvalue weighted by molar-refractivity contribution is 5.92. The molecule has 4 heterocycles. The summed E-state index contributed by atoms with van der Waals surface area (Å²) in [6.45, 7) is 4.13. The van der Waals surface area contributed by atoms with E-state index >= 15 is 0 Å². The second kappa shape index (κ2) is 5.06. The van der Waals surface area contributed by atoms with E-state index in [-0.39, 0.29) is 18.3 Å². The number of carbonyl (C=O) groups is 1. The first kappa shape index (κ1) is 12.4. The van der Waals surface area contributed by atoms with Gasteiger partial charge in [-0.05, 0) is 18.9 Å². The van der Waals surface area contributed by atoms with Gasteiger partial charge in [-0.3, -0.25) is 9.89 Å². The quantitative estimate of drug-likeness (QED) is 0.807. The van der Waals surface area contributed by atoms with Crippen LogP contribution in [0.5, 0.6) is 0 Å². The number of amides is 1. The van der Waals surface area contributed by atoms with Crippen molar-refractivity contribution in [2.45, 2.75) is 18.9 Å². The van der Waals surface area contributed by atoms with Crippen LogP contribution in [0.15, 0.2) is 12.3 Å². The molecule has 0 radical (unpaired) electrons. The van der Waals surface area contributed by atoms with Crippen molar-refractivity contribution in [1.82, 2.24) is 20.0 Å². The summed E-state index contributed by atoms with van der Waals surface area (Å²) >= 11 is 0. The zero-order chi connectivity index (χ0) is 11.0. The largest absolute Gasteiger partial charge is 0.333 e. The fraction of sp³-hybridized carbons (Fsp3) is 0.636. The van der Waals surface area contributed by atoms with Crippen LogP contribution in [0, 0.1) is 0 Å². The van der Waals surface area contributed by atoms with Gasteiger partial charge in [-0.1, -0.05) is 0 Å². The average Bonchev–Trinajstić information content (AvgIpc) is 2.70. The molecule has 2 bridgehead atoms. The summed E-state index contributed by atoms with van der Waals surface area (Å²) in [5, 5.41) is 6.60. The first-order valence-electron chi connectivity index (χ1n) is 5.87. The van der Waals surface area contributed by atoms with Gasteiger partial charge in [0.15, 0.2) is 0 Å². The molecule has 1 aromatic heterocycles. The number of hydrogen-bond donors (Lipinski definition) is 1. The second-order valence-electron chi connectivity index (χ2n) is 4.54. The number of nitrogens with one attached hydrogen (secondary N) is 1. The molecule has 0 aromatic carbocycles. The molecule has 0 atom stereocenters. The third-order valence-corrected chi connectivity index (χ3v) is 3.65. The van der Waals surface area contributed by atoms with Gasteiger partial charge in [-0.25, -0.2) is 0 Å². The number of hydrogen-bond acceptors (Lipinski definition) is 3. The fourth-order valence-corrected chi connectivity index (χ4v) is 2.68. The standard InChI is InChI=1S/C11H16N4O.ClH/c16-11(10-1-4-12-13-10)15-8-7-14-5-2-9(15)3-6-14;/h1,4,9H,2-3,5-8H2,(H,12,13);1H. The van der Waals surface area contributed by atoms with E-state index in [0.717, 1.165) is 39.0 Å². The zero-order valence-electron chi connectivity index (χ0n) is 9.63. The number of aromatic nitrogens is 2. The van der Waals surface area contributed by atoms with Crippen molar-refractivity contribution in [3.63, 3.8) is 0 Å². The van der Waals surface area contributed by atoms with Gasteiger partial charge in [0.1, 0.15) is 5.69 Å². The molecule has 1 N–H and O–H groups in total. The van der Waals surface area contributed by atoms with E-state index in [2.05, 4.69) is 15.1 Å². The SMILES string of the molecule is Cl.O=C(c1ccn[nH]1)N1CCN2CCC1CC2. The summed E-state index contributed by atoms with van der Waals surface area (Å²) in [6, 6.07) is 2.18. The molecule has 94 valence electrons. The van der Waals surface area contributed by atoms with Crippen molar-refractivity contribution in [2.24, 2.45) is 0 Å². The van der Waals surface area contributed by atoms with Crippen molar-refractivity contribution < 1.29 is 4.79 Å². The van der Waals surface area contributed by atoms with E-state index in [1.807, 2.05) is 4.90 Å². The topological polar surface area (TPSA) is 52.2 Å². The van der Waals surface area contributed by atoms with Gasteiger partial charge in [0.25, 0.3) is 5.91 Å². The predicted molar refractivity (Wildman–Crippen MR) is 66.3 cm³/mol. The van der Waals surface area contributed by atoms with Gasteiger partial charge < -0.3 is 9.80 Å². The minimum Gasteiger partial charge on any atom is -0.333 e. The maximum Gasteiger partial charge on any atom is 0.272 e. The Labute approximate surface area is 107 Å². The summed E-state index contributed by atoms with van der Waals surface area (Å²) in [5.74, 6) is 0.103. The lowest BCUT2D eigenvalue weighted by Crippen LogP contribution is -2.41. The van der Waals surface area contributed by atoms with Crippen LogP contribution in [0.1, 0.15) is 23.3 Å². The summed E-state index contributed by atoms with van der Waals surface area (Å²) in [4.78, 5) is 16.7. The van der Waals surface area contributed by atoms with E-state index in [1.54, 1.807) is 12.3 Å². The third-order valence-electron chi connectivity index (χ3n) is 3.65. The minimum absolute atomic E-state index is 0. The molecule has 17 heavy (non-hydrogen) atoms. The molecular weight excluding hydrogens is 240 g/mol. The Bertz CT molecular complexity index is 373. The van der Waals surface area contributed by atoms with E-state index < -0.39 is 0 Å². The van der Waals surface area contributed by atoms with Crippen molar-refractivity contribution in [3.05, 3.63) is 18.0 Å². The molecule has 5 nitrogen and oxygen atoms in total. The number of piperidine rings is 1. The Balaban J connectivity index is 0.00000108. The van der Waals surface area contributed by atoms with Crippen LogP contribution < -0.4 is 0 Å². The Morgan fingerprint density at radius 2 is 2.06 bits per heavy atom. The van der Waals surface area contributed by atoms with Crippen LogP contribution in [-0.2, 0) is 0 Å². The highest BCUT2D eigenvalue weighted by atomic mass is 35.5. The number of aromatic amines is 1. The van der Waals surface area contributed by atoms with E-state index in [1.165, 1.54) is 0 Å². The number of fused-ring (bicyclic) bond motifs is 4. The molecule has 1 aromatic rings. The molecule has 1 amide bonds. The number of H-pyrrole nitrogens is 1. The van der Waals surface area contributed by atoms with Crippen LogP contribution in [0.3, 0.4) is 0 Å². The first-order chi connectivity index (χ1) is 7.84. The molecule has 6 heteroatoms. The molecule has 0 saturated carbocycles. The lowest BCUT2D eigenvalue weighted by atomic mass is 10.1. The van der Waals surface area contributed by atoms with Crippen molar-refractivity contribution >= 4 is 18.3 Å². The minimum atomic E-state index is 0. The molecule has 4 rings (SSSR count). The maximum atomic E-state index is 12.2. The Morgan fingerprint density at radius 1 is 1.29 bits per heavy atom. The lowest BCUT2D eigenvalue weighted by Gasteiger charge is -2.31. The summed E-state index contributed by atoms with van der Waals surface area (Å²) in [5.41, 5.74) is 0.611. The van der Waals surface area contributed by atoms with Crippen molar-refractivity contribution in [2.75, 3.05) is 26.2 Å². The van der Waals surface area contributed by atoms with Crippen LogP contribution in [-0.4, -0.2) is 58.1 Å². The van der Waals surface area contributed by atoms with Crippen LogP contribution in [0.4, 0.5) is 0 Å². The molecule has 3 fully saturated rings. The Kier molecular flexibility index (Phi) is 3.69. The van der Waals surface area contributed by atoms with Crippen molar-refractivity contribution in [1.29, 1.82) is 0 Å². The maximum absolute atomic E-state index is 12.2. The molecule has 0 unspecified atom stereocenters. The van der Waals surface area contributed by atoms with Gasteiger partial charge >= 0.3 is 0 Å². The lowest BCUT2D eigenvalue weighted by molar-refractivity contribution is 0.0679. The number of carbonyl (C=O) groups excluding carboxylic acids is 1. The van der Waals surface area contributed by atoms with Gasteiger partial charge in [0.05, 0.1) is 0 Å². The smallest absolute Gasteiger partial charge is 0.272 e.